The van der Waals surface area contributed by atoms with Crippen molar-refractivity contribution in [3.05, 3.63) is 41.5 Å². The molecule has 0 atom stereocenters. The van der Waals surface area contributed by atoms with Gasteiger partial charge in [-0.3, -0.25) is 4.79 Å². The largest absolute Gasteiger partial charge is 0.478 e. The van der Waals surface area contributed by atoms with E-state index in [1.54, 1.807) is 24.3 Å². The van der Waals surface area contributed by atoms with Gasteiger partial charge in [-0.15, -0.1) is 0 Å². The number of carbonyl (C=O) groups is 2. The van der Waals surface area contributed by atoms with Crippen LogP contribution in [-0.2, 0) is 25.2 Å². The van der Waals surface area contributed by atoms with E-state index >= 15 is 0 Å². The van der Waals surface area contributed by atoms with Gasteiger partial charge in [0.05, 0.1) is 12.4 Å². The summed E-state index contributed by atoms with van der Waals surface area (Å²) in [6.45, 7) is 2.27. The molecule has 0 aliphatic rings. The van der Waals surface area contributed by atoms with Gasteiger partial charge in [0, 0.05) is 12.6 Å². The summed E-state index contributed by atoms with van der Waals surface area (Å²) in [4.78, 5) is 22.7. The summed E-state index contributed by atoms with van der Waals surface area (Å²) >= 11 is 0. The molecule has 24 heavy (non-hydrogen) atoms. The van der Waals surface area contributed by atoms with Gasteiger partial charge in [0.2, 0.25) is 5.91 Å². The normalized spacial score (nSPS) is 12.3. The Morgan fingerprint density at radius 3 is 2.46 bits per heavy atom. The minimum absolute atomic E-state index is 0.0320. The number of nitrogens with one attached hydrogen (secondary N) is 1. The Balaban J connectivity index is 3.11. The highest BCUT2D eigenvalue weighted by molar-refractivity contribution is 7.92. The predicted octanol–water partition coefficient (Wildman–Crippen LogP) is 0.586. The number of hydrogen-bond acceptors (Lipinski definition) is 5. The van der Waals surface area contributed by atoms with Gasteiger partial charge in [0.25, 0.3) is 0 Å². The quantitative estimate of drug-likeness (QED) is 0.587. The van der Waals surface area contributed by atoms with E-state index in [2.05, 4.69) is 5.32 Å². The monoisotopic (exact) mass is 355 g/mol. The molecule has 7 nitrogen and oxygen atoms in total. The van der Waals surface area contributed by atoms with E-state index in [4.69, 9.17) is 10.2 Å². The Morgan fingerprint density at radius 2 is 1.88 bits per heavy atom. The zero-order chi connectivity index (χ0) is 18.4. The summed E-state index contributed by atoms with van der Waals surface area (Å²) in [7, 11) is -3.88. The minimum atomic E-state index is -3.88. The molecule has 0 saturated carbocycles. The van der Waals surface area contributed by atoms with Crippen molar-refractivity contribution in [3.8, 4) is 0 Å². The van der Waals surface area contributed by atoms with Crippen LogP contribution in [0.1, 0.15) is 25.0 Å². The van der Waals surface area contributed by atoms with Gasteiger partial charge in [-0.05, 0) is 31.1 Å². The Hall–Kier alpha value is -2.19. The Kier molecular flexibility index (Phi) is 6.68. The van der Waals surface area contributed by atoms with Crippen LogP contribution in [0.15, 0.2) is 30.3 Å². The molecule has 0 unspecified atom stereocenters. The van der Waals surface area contributed by atoms with E-state index in [-0.39, 0.29) is 13.2 Å². The maximum Gasteiger partial charge on any atom is 0.328 e. The predicted molar refractivity (Wildman–Crippen MR) is 89.9 cm³/mol. The van der Waals surface area contributed by atoms with Crippen LogP contribution in [0.3, 0.4) is 0 Å². The second kappa shape index (κ2) is 8.07. The van der Waals surface area contributed by atoms with Crippen LogP contribution in [0.25, 0.3) is 6.08 Å². The van der Waals surface area contributed by atoms with Crippen molar-refractivity contribution in [2.45, 2.75) is 24.3 Å². The van der Waals surface area contributed by atoms with Gasteiger partial charge in [-0.2, -0.15) is 0 Å². The fourth-order valence-corrected chi connectivity index (χ4v) is 3.29. The van der Waals surface area contributed by atoms with Gasteiger partial charge in [0.1, 0.15) is 4.75 Å². The molecule has 132 valence electrons. The van der Waals surface area contributed by atoms with Crippen molar-refractivity contribution >= 4 is 27.8 Å². The van der Waals surface area contributed by atoms with Gasteiger partial charge in [-0.25, -0.2) is 13.2 Å². The number of benzene rings is 1. The third kappa shape index (κ3) is 4.90. The highest BCUT2D eigenvalue weighted by Crippen LogP contribution is 2.24. The lowest BCUT2D eigenvalue weighted by atomic mass is 10.1. The molecule has 1 rings (SSSR count). The molecule has 0 spiro atoms. The summed E-state index contributed by atoms with van der Waals surface area (Å²) in [6, 6.07) is 6.47. The second-order valence-electron chi connectivity index (χ2n) is 5.62. The highest BCUT2D eigenvalue weighted by atomic mass is 32.2. The van der Waals surface area contributed by atoms with Gasteiger partial charge >= 0.3 is 5.97 Å². The number of aliphatic hydroxyl groups excluding tert-OH is 1. The van der Waals surface area contributed by atoms with E-state index in [1.807, 2.05) is 0 Å². The number of amides is 1. The molecule has 0 saturated heterocycles. The van der Waals surface area contributed by atoms with E-state index in [0.717, 1.165) is 6.08 Å². The first-order chi connectivity index (χ1) is 11.1. The molecule has 0 aromatic heterocycles. The van der Waals surface area contributed by atoms with Crippen molar-refractivity contribution in [3.63, 3.8) is 0 Å². The number of carboxylic acids is 1. The average Bonchev–Trinajstić information content (AvgIpc) is 2.51. The fourth-order valence-electron chi connectivity index (χ4n) is 1.90. The minimum Gasteiger partial charge on any atom is -0.478 e. The molecule has 0 bridgehead atoms. The van der Waals surface area contributed by atoms with Crippen molar-refractivity contribution in [2.75, 3.05) is 13.2 Å². The van der Waals surface area contributed by atoms with Gasteiger partial charge in [0.15, 0.2) is 9.84 Å². The fraction of sp³-hybridized carbons (Fsp3) is 0.375. The average molecular weight is 355 g/mol. The van der Waals surface area contributed by atoms with Crippen molar-refractivity contribution < 1.29 is 28.2 Å². The first-order valence-corrected chi connectivity index (χ1v) is 8.87. The van der Waals surface area contributed by atoms with Crippen molar-refractivity contribution in [1.29, 1.82) is 0 Å². The number of sulfone groups is 1. The standard InChI is InChI=1S/C16H21NO6S/c1-16(2,15(21)17-9-10-18)24(22,23)11-13-6-4-3-5-12(13)7-8-14(19)20/h3-8,18H,9-11H2,1-2H3,(H,17,21)(H,19,20)/b8-7+. The third-order valence-corrected chi connectivity index (χ3v) is 5.96. The lowest BCUT2D eigenvalue weighted by Gasteiger charge is -2.24. The topological polar surface area (TPSA) is 121 Å². The number of carbonyl (C=O) groups excluding carboxylic acids is 1. The number of aliphatic carboxylic acids is 1. The molecule has 0 radical (unpaired) electrons. The van der Waals surface area contributed by atoms with Crippen LogP contribution in [0.5, 0.6) is 0 Å². The summed E-state index contributed by atoms with van der Waals surface area (Å²) in [5, 5.41) is 19.8. The molecule has 1 amide bonds. The Morgan fingerprint density at radius 1 is 1.25 bits per heavy atom. The molecular formula is C16H21NO6S. The van der Waals surface area contributed by atoms with Gasteiger partial charge < -0.3 is 15.5 Å². The first-order valence-electron chi connectivity index (χ1n) is 7.22. The van der Waals surface area contributed by atoms with Crippen LogP contribution in [0.4, 0.5) is 0 Å². The van der Waals surface area contributed by atoms with E-state index in [0.29, 0.717) is 11.1 Å². The van der Waals surface area contributed by atoms with Crippen LogP contribution in [-0.4, -0.2) is 48.4 Å². The molecule has 1 aromatic carbocycles. The molecule has 0 aliphatic heterocycles. The van der Waals surface area contributed by atoms with E-state index in [1.165, 1.54) is 19.9 Å². The highest BCUT2D eigenvalue weighted by Gasteiger charge is 2.41. The van der Waals surface area contributed by atoms with E-state index < -0.39 is 32.2 Å². The van der Waals surface area contributed by atoms with Crippen LogP contribution in [0, 0.1) is 0 Å². The first kappa shape index (κ1) is 19.9. The number of rotatable bonds is 8. The molecule has 0 heterocycles. The zero-order valence-electron chi connectivity index (χ0n) is 13.5. The maximum absolute atomic E-state index is 12.7. The van der Waals surface area contributed by atoms with Crippen LogP contribution in [0.2, 0.25) is 0 Å². The number of aliphatic hydroxyl groups is 1. The van der Waals surface area contributed by atoms with Crippen molar-refractivity contribution in [2.24, 2.45) is 0 Å². The Labute approximate surface area is 140 Å². The third-order valence-electron chi connectivity index (χ3n) is 3.53. The van der Waals surface area contributed by atoms with Crippen molar-refractivity contribution in [1.82, 2.24) is 5.32 Å². The number of carboxylic acid groups (broad SMARTS) is 1. The molecule has 0 fully saturated rings. The maximum atomic E-state index is 12.7. The zero-order valence-corrected chi connectivity index (χ0v) is 14.3. The smallest absolute Gasteiger partial charge is 0.328 e. The van der Waals surface area contributed by atoms with E-state index in [9.17, 15) is 18.0 Å². The summed E-state index contributed by atoms with van der Waals surface area (Å²) < 4.78 is 23.6. The van der Waals surface area contributed by atoms with Crippen LogP contribution >= 0.6 is 0 Å². The van der Waals surface area contributed by atoms with Gasteiger partial charge in [-0.1, -0.05) is 24.3 Å². The molecular weight excluding hydrogens is 334 g/mol. The van der Waals surface area contributed by atoms with Crippen LogP contribution < -0.4 is 5.32 Å². The number of hydrogen-bond donors (Lipinski definition) is 3. The SMILES string of the molecule is CC(C)(C(=O)NCCO)S(=O)(=O)Cc1ccccc1/C=C/C(=O)O. The lowest BCUT2D eigenvalue weighted by molar-refractivity contribution is -0.131. The Bertz CT molecular complexity index is 737. The molecule has 3 N–H and O–H groups in total. The summed E-state index contributed by atoms with van der Waals surface area (Å²) in [5.41, 5.74) is 0.855. The summed E-state index contributed by atoms with van der Waals surface area (Å²) in [5.74, 6) is -2.25. The summed E-state index contributed by atoms with van der Waals surface area (Å²) in [6.07, 6.45) is 2.23. The molecule has 8 heteroatoms. The lowest BCUT2D eigenvalue weighted by Crippen LogP contribution is -2.49. The molecule has 1 aromatic rings. The molecule has 0 aliphatic carbocycles. The second-order valence-corrected chi connectivity index (χ2v) is 8.16.